The van der Waals surface area contributed by atoms with Crippen LogP contribution in [-0.2, 0) is 11.2 Å². The lowest BCUT2D eigenvalue weighted by molar-refractivity contribution is -0.117. The normalized spacial score (nSPS) is 12.8. The van der Waals surface area contributed by atoms with Crippen LogP contribution in [0.1, 0.15) is 25.8 Å². The average molecular weight is 219 g/mol. The van der Waals surface area contributed by atoms with E-state index in [9.17, 15) is 4.79 Å². The maximum Gasteiger partial charge on any atom is 0.131 e. The molecule has 0 amide bonds. The molecule has 1 unspecified atom stereocenters. The molecule has 0 fully saturated rings. The Bertz CT molecular complexity index is 321. The van der Waals surface area contributed by atoms with E-state index in [1.807, 2.05) is 6.07 Å². The standard InChI is InChI=1S/C14H21NO/c1-12(15(3)10-9-13(2)16)11-14-7-5-4-6-8-14/h4-8,12H,9-11H2,1-3H3. The second-order valence-corrected chi connectivity index (χ2v) is 4.47. The number of benzene rings is 1. The van der Waals surface area contributed by atoms with Crippen LogP contribution in [0.25, 0.3) is 0 Å². The minimum absolute atomic E-state index is 0.263. The summed E-state index contributed by atoms with van der Waals surface area (Å²) in [5, 5.41) is 0. The molecule has 0 heterocycles. The minimum atomic E-state index is 0.263. The van der Waals surface area contributed by atoms with Crippen molar-refractivity contribution >= 4 is 5.78 Å². The van der Waals surface area contributed by atoms with Crippen molar-refractivity contribution in [1.82, 2.24) is 4.90 Å². The molecule has 0 radical (unpaired) electrons. The molecule has 1 aromatic rings. The first-order valence-electron chi connectivity index (χ1n) is 5.83. The van der Waals surface area contributed by atoms with E-state index in [0.717, 1.165) is 13.0 Å². The van der Waals surface area contributed by atoms with Crippen LogP contribution in [0.5, 0.6) is 0 Å². The Morgan fingerprint density at radius 2 is 1.94 bits per heavy atom. The van der Waals surface area contributed by atoms with Crippen LogP contribution in [0.3, 0.4) is 0 Å². The Hall–Kier alpha value is -1.15. The zero-order valence-electron chi connectivity index (χ0n) is 10.4. The van der Waals surface area contributed by atoms with E-state index in [1.165, 1.54) is 5.56 Å². The molecule has 1 aromatic carbocycles. The van der Waals surface area contributed by atoms with Crippen molar-refractivity contribution in [3.63, 3.8) is 0 Å². The number of nitrogens with zero attached hydrogens (tertiary/aromatic N) is 1. The van der Waals surface area contributed by atoms with E-state index in [2.05, 4.69) is 43.1 Å². The van der Waals surface area contributed by atoms with Crippen molar-refractivity contribution in [3.05, 3.63) is 35.9 Å². The summed E-state index contributed by atoms with van der Waals surface area (Å²) in [4.78, 5) is 13.1. The number of rotatable bonds is 6. The zero-order chi connectivity index (χ0) is 12.0. The Kier molecular flexibility index (Phi) is 5.20. The van der Waals surface area contributed by atoms with Crippen LogP contribution in [-0.4, -0.2) is 30.3 Å². The maximum absolute atomic E-state index is 10.9. The summed E-state index contributed by atoms with van der Waals surface area (Å²) in [6.45, 7) is 4.70. The largest absolute Gasteiger partial charge is 0.303 e. The van der Waals surface area contributed by atoms with Crippen LogP contribution < -0.4 is 0 Å². The fourth-order valence-electron chi connectivity index (χ4n) is 1.67. The van der Waals surface area contributed by atoms with Gasteiger partial charge in [0.15, 0.2) is 0 Å². The van der Waals surface area contributed by atoms with Gasteiger partial charge in [0.1, 0.15) is 5.78 Å². The van der Waals surface area contributed by atoms with Gasteiger partial charge in [0.05, 0.1) is 0 Å². The maximum atomic E-state index is 10.9. The summed E-state index contributed by atoms with van der Waals surface area (Å²) < 4.78 is 0. The second-order valence-electron chi connectivity index (χ2n) is 4.47. The predicted octanol–water partition coefficient (Wildman–Crippen LogP) is 2.53. The molecule has 0 N–H and O–H groups in total. The fourth-order valence-corrected chi connectivity index (χ4v) is 1.67. The third-order valence-electron chi connectivity index (χ3n) is 2.94. The predicted molar refractivity (Wildman–Crippen MR) is 67.5 cm³/mol. The van der Waals surface area contributed by atoms with Crippen molar-refractivity contribution in [2.45, 2.75) is 32.7 Å². The van der Waals surface area contributed by atoms with Gasteiger partial charge in [0, 0.05) is 19.0 Å². The van der Waals surface area contributed by atoms with Crippen LogP contribution in [0.4, 0.5) is 0 Å². The highest BCUT2D eigenvalue weighted by molar-refractivity contribution is 5.75. The minimum Gasteiger partial charge on any atom is -0.303 e. The summed E-state index contributed by atoms with van der Waals surface area (Å²) in [5.41, 5.74) is 1.35. The molecular weight excluding hydrogens is 198 g/mol. The SMILES string of the molecule is CC(=O)CCN(C)C(C)Cc1ccccc1. The molecule has 2 nitrogen and oxygen atoms in total. The van der Waals surface area contributed by atoms with E-state index in [0.29, 0.717) is 12.5 Å². The number of likely N-dealkylation sites (N-methyl/N-ethyl adjacent to an activating group) is 1. The summed E-state index contributed by atoms with van der Waals surface area (Å²) in [6, 6.07) is 10.9. The number of ketones is 1. The molecule has 0 aliphatic carbocycles. The lowest BCUT2D eigenvalue weighted by Crippen LogP contribution is -2.32. The topological polar surface area (TPSA) is 20.3 Å². The van der Waals surface area contributed by atoms with Crippen molar-refractivity contribution in [1.29, 1.82) is 0 Å². The highest BCUT2D eigenvalue weighted by Gasteiger charge is 2.10. The lowest BCUT2D eigenvalue weighted by atomic mass is 10.1. The molecule has 1 rings (SSSR count). The fraction of sp³-hybridized carbons (Fsp3) is 0.500. The second kappa shape index (κ2) is 6.44. The highest BCUT2D eigenvalue weighted by Crippen LogP contribution is 2.07. The molecule has 0 bridgehead atoms. The van der Waals surface area contributed by atoms with Gasteiger partial charge in [-0.05, 0) is 32.9 Å². The van der Waals surface area contributed by atoms with Gasteiger partial charge < -0.3 is 4.90 Å². The quantitative estimate of drug-likeness (QED) is 0.732. The molecule has 0 saturated carbocycles. The number of Topliss-reactive ketones (excluding diaryl/α,β-unsaturated/α-hetero) is 1. The lowest BCUT2D eigenvalue weighted by Gasteiger charge is -2.24. The molecule has 0 aliphatic rings. The van der Waals surface area contributed by atoms with E-state index in [-0.39, 0.29) is 5.78 Å². The van der Waals surface area contributed by atoms with Gasteiger partial charge in [-0.1, -0.05) is 30.3 Å². The van der Waals surface area contributed by atoms with Gasteiger partial charge in [0.2, 0.25) is 0 Å². The first-order chi connectivity index (χ1) is 7.59. The van der Waals surface area contributed by atoms with E-state index >= 15 is 0 Å². The summed E-state index contributed by atoms with van der Waals surface area (Å²) >= 11 is 0. The van der Waals surface area contributed by atoms with Gasteiger partial charge >= 0.3 is 0 Å². The van der Waals surface area contributed by atoms with Gasteiger partial charge in [-0.25, -0.2) is 0 Å². The smallest absolute Gasteiger partial charge is 0.131 e. The van der Waals surface area contributed by atoms with Crippen molar-refractivity contribution in [2.75, 3.05) is 13.6 Å². The Balaban J connectivity index is 2.39. The number of hydrogen-bond acceptors (Lipinski definition) is 2. The van der Waals surface area contributed by atoms with E-state index < -0.39 is 0 Å². The number of hydrogen-bond donors (Lipinski definition) is 0. The van der Waals surface area contributed by atoms with Gasteiger partial charge in [-0.3, -0.25) is 4.79 Å². The van der Waals surface area contributed by atoms with Crippen molar-refractivity contribution in [3.8, 4) is 0 Å². The van der Waals surface area contributed by atoms with Gasteiger partial charge in [-0.2, -0.15) is 0 Å². The first kappa shape index (κ1) is 12.9. The Labute approximate surface area is 98.3 Å². The van der Waals surface area contributed by atoms with Gasteiger partial charge in [-0.15, -0.1) is 0 Å². The third kappa shape index (κ3) is 4.58. The first-order valence-corrected chi connectivity index (χ1v) is 5.83. The Morgan fingerprint density at radius 3 is 2.50 bits per heavy atom. The van der Waals surface area contributed by atoms with Crippen LogP contribution >= 0.6 is 0 Å². The van der Waals surface area contributed by atoms with E-state index in [1.54, 1.807) is 6.92 Å². The molecule has 0 spiro atoms. The van der Waals surface area contributed by atoms with Crippen LogP contribution in [0.15, 0.2) is 30.3 Å². The summed E-state index contributed by atoms with van der Waals surface area (Å²) in [5.74, 6) is 0.263. The number of carbonyl (C=O) groups excluding carboxylic acids is 1. The molecule has 0 aliphatic heterocycles. The molecular formula is C14H21NO. The van der Waals surface area contributed by atoms with Gasteiger partial charge in [0.25, 0.3) is 0 Å². The Morgan fingerprint density at radius 1 is 1.31 bits per heavy atom. The van der Waals surface area contributed by atoms with Crippen molar-refractivity contribution < 1.29 is 4.79 Å². The molecule has 88 valence electrons. The molecule has 1 atom stereocenters. The molecule has 0 aromatic heterocycles. The van der Waals surface area contributed by atoms with E-state index in [4.69, 9.17) is 0 Å². The monoisotopic (exact) mass is 219 g/mol. The summed E-state index contributed by atoms with van der Waals surface area (Å²) in [7, 11) is 2.08. The van der Waals surface area contributed by atoms with Crippen LogP contribution in [0.2, 0.25) is 0 Å². The molecule has 0 saturated heterocycles. The molecule has 16 heavy (non-hydrogen) atoms. The molecule has 2 heteroatoms. The zero-order valence-corrected chi connectivity index (χ0v) is 10.4. The highest BCUT2D eigenvalue weighted by atomic mass is 16.1. The van der Waals surface area contributed by atoms with Crippen LogP contribution in [0, 0.1) is 0 Å². The van der Waals surface area contributed by atoms with Crippen molar-refractivity contribution in [2.24, 2.45) is 0 Å². The number of carbonyl (C=O) groups is 1. The summed E-state index contributed by atoms with van der Waals surface area (Å²) in [6.07, 6.45) is 1.69. The third-order valence-corrected chi connectivity index (χ3v) is 2.94. The average Bonchev–Trinajstić information content (AvgIpc) is 2.27.